The molecule has 12 heavy (non-hydrogen) atoms. The van der Waals surface area contributed by atoms with Crippen molar-refractivity contribution in [1.82, 2.24) is 5.32 Å². The molecule has 0 radical (unpaired) electrons. The molecule has 1 rings (SSSR count). The van der Waals surface area contributed by atoms with Crippen molar-refractivity contribution in [3.8, 4) is 0 Å². The fourth-order valence-electron chi connectivity index (χ4n) is 0.821. The van der Waals surface area contributed by atoms with E-state index in [4.69, 9.17) is 5.11 Å². The molecule has 1 aliphatic heterocycles. The number of nitrogens with one attached hydrogen (secondary N) is 1. The summed E-state index contributed by atoms with van der Waals surface area (Å²) in [6, 6.07) is 0. The van der Waals surface area contributed by atoms with E-state index in [0.29, 0.717) is 19.2 Å². The summed E-state index contributed by atoms with van der Waals surface area (Å²) in [4.78, 5) is 25.3. The molecule has 1 aliphatic rings. The fraction of sp³-hybridized carbons (Fsp3) is 0.500. The number of nitrogens with zero attached hydrogens (tertiary/aromatic N) is 1. The Hall–Kier alpha value is -1.59. The lowest BCUT2D eigenvalue weighted by atomic mass is 10.3. The summed E-state index contributed by atoms with van der Waals surface area (Å²) in [6.45, 7) is 0.548. The molecule has 2 N–H and O–H groups in total. The van der Waals surface area contributed by atoms with E-state index in [1.807, 2.05) is 0 Å². The number of amides is 1. The summed E-state index contributed by atoms with van der Waals surface area (Å²) in [6.07, 6.45) is 0.488. The second-order valence-electron chi connectivity index (χ2n) is 2.25. The molecule has 1 amide bonds. The van der Waals surface area contributed by atoms with E-state index in [-0.39, 0.29) is 5.91 Å². The first-order valence-electron chi connectivity index (χ1n) is 3.40. The molecule has 1 unspecified atom stereocenters. The molecule has 66 valence electrons. The van der Waals surface area contributed by atoms with Crippen LogP contribution in [0.15, 0.2) is 5.16 Å². The lowest BCUT2D eigenvalue weighted by molar-refractivity contribution is -0.131. The monoisotopic (exact) mass is 172 g/mol. The van der Waals surface area contributed by atoms with E-state index in [0.717, 1.165) is 0 Å². The van der Waals surface area contributed by atoms with Crippen LogP contribution in [0.5, 0.6) is 0 Å². The third kappa shape index (κ3) is 2.22. The summed E-state index contributed by atoms with van der Waals surface area (Å²) in [5.41, 5.74) is 0. The van der Waals surface area contributed by atoms with Crippen molar-refractivity contribution >= 4 is 18.1 Å². The zero-order chi connectivity index (χ0) is 8.97. The Morgan fingerprint density at radius 1 is 1.83 bits per heavy atom. The van der Waals surface area contributed by atoms with Crippen LogP contribution in [-0.4, -0.2) is 35.8 Å². The maximum atomic E-state index is 10.8. The summed E-state index contributed by atoms with van der Waals surface area (Å²) >= 11 is 0. The number of carboxylic acid groups (broad SMARTS) is 1. The highest BCUT2D eigenvalue weighted by Gasteiger charge is 2.25. The predicted octanol–water partition coefficient (Wildman–Crippen LogP) is -1.04. The smallest absolute Gasteiger partial charge is 0.350 e. The Labute approximate surface area is 68.2 Å². The van der Waals surface area contributed by atoms with Crippen molar-refractivity contribution in [3.05, 3.63) is 0 Å². The van der Waals surface area contributed by atoms with Gasteiger partial charge in [-0.15, -0.1) is 0 Å². The van der Waals surface area contributed by atoms with E-state index in [1.165, 1.54) is 0 Å². The van der Waals surface area contributed by atoms with Crippen LogP contribution in [0.3, 0.4) is 0 Å². The summed E-state index contributed by atoms with van der Waals surface area (Å²) < 4.78 is 0. The highest BCUT2D eigenvalue weighted by atomic mass is 16.6. The van der Waals surface area contributed by atoms with E-state index in [9.17, 15) is 9.59 Å². The van der Waals surface area contributed by atoms with Crippen molar-refractivity contribution in [2.24, 2.45) is 5.16 Å². The predicted molar refractivity (Wildman–Crippen MR) is 38.6 cm³/mol. The number of carboxylic acids is 1. The SMILES string of the molecule is O=C(O)C=NOC1CCNC1=O. The first-order chi connectivity index (χ1) is 5.70. The molecular formula is C6H8N2O4. The van der Waals surface area contributed by atoms with Gasteiger partial charge in [-0.05, 0) is 0 Å². The number of carbonyl (C=O) groups excluding carboxylic acids is 1. The largest absolute Gasteiger partial charge is 0.477 e. The highest BCUT2D eigenvalue weighted by molar-refractivity contribution is 6.21. The van der Waals surface area contributed by atoms with Crippen LogP contribution in [0.2, 0.25) is 0 Å². The van der Waals surface area contributed by atoms with Gasteiger partial charge in [0, 0.05) is 13.0 Å². The highest BCUT2D eigenvalue weighted by Crippen LogP contribution is 2.04. The number of rotatable bonds is 3. The Morgan fingerprint density at radius 2 is 2.58 bits per heavy atom. The molecule has 0 aliphatic carbocycles. The van der Waals surface area contributed by atoms with Gasteiger partial charge in [-0.1, -0.05) is 5.16 Å². The van der Waals surface area contributed by atoms with Gasteiger partial charge in [0.1, 0.15) is 0 Å². The second-order valence-corrected chi connectivity index (χ2v) is 2.25. The topological polar surface area (TPSA) is 88.0 Å². The minimum atomic E-state index is -1.20. The van der Waals surface area contributed by atoms with Gasteiger partial charge in [-0.2, -0.15) is 0 Å². The van der Waals surface area contributed by atoms with Crippen molar-refractivity contribution in [2.45, 2.75) is 12.5 Å². The molecule has 0 aromatic carbocycles. The van der Waals surface area contributed by atoms with Gasteiger partial charge in [0.25, 0.3) is 5.91 Å². The zero-order valence-electron chi connectivity index (χ0n) is 6.19. The van der Waals surface area contributed by atoms with Crippen molar-refractivity contribution in [2.75, 3.05) is 6.54 Å². The average Bonchev–Trinajstić information content (AvgIpc) is 2.36. The van der Waals surface area contributed by atoms with Gasteiger partial charge >= 0.3 is 5.97 Å². The lowest BCUT2D eigenvalue weighted by Gasteiger charge is -2.01. The Bertz CT molecular complexity index is 226. The van der Waals surface area contributed by atoms with Gasteiger partial charge in [0.2, 0.25) is 6.10 Å². The van der Waals surface area contributed by atoms with E-state index < -0.39 is 12.1 Å². The molecular weight excluding hydrogens is 164 g/mol. The summed E-state index contributed by atoms with van der Waals surface area (Å²) in [7, 11) is 0. The minimum Gasteiger partial charge on any atom is -0.477 e. The quantitative estimate of drug-likeness (QED) is 0.420. The van der Waals surface area contributed by atoms with Gasteiger partial charge in [-0.3, -0.25) is 4.79 Å². The van der Waals surface area contributed by atoms with Crippen molar-refractivity contribution in [1.29, 1.82) is 0 Å². The van der Waals surface area contributed by atoms with Crippen LogP contribution in [0.25, 0.3) is 0 Å². The first-order valence-corrected chi connectivity index (χ1v) is 3.40. The molecule has 1 fully saturated rings. The van der Waals surface area contributed by atoms with Crippen LogP contribution < -0.4 is 5.32 Å². The van der Waals surface area contributed by atoms with Gasteiger partial charge in [-0.25, -0.2) is 4.79 Å². The van der Waals surface area contributed by atoms with Gasteiger partial charge in [0.15, 0.2) is 6.21 Å². The zero-order valence-corrected chi connectivity index (χ0v) is 6.19. The van der Waals surface area contributed by atoms with Gasteiger partial charge < -0.3 is 15.3 Å². The molecule has 1 saturated heterocycles. The number of oxime groups is 1. The molecule has 0 spiro atoms. The molecule has 0 aromatic heterocycles. The van der Waals surface area contributed by atoms with Crippen LogP contribution in [0, 0.1) is 0 Å². The molecule has 0 saturated carbocycles. The average molecular weight is 172 g/mol. The molecule has 6 nitrogen and oxygen atoms in total. The van der Waals surface area contributed by atoms with E-state index >= 15 is 0 Å². The maximum absolute atomic E-state index is 10.8. The Balaban J connectivity index is 2.31. The first kappa shape index (κ1) is 8.51. The van der Waals surface area contributed by atoms with Crippen LogP contribution in [0.4, 0.5) is 0 Å². The fourth-order valence-corrected chi connectivity index (χ4v) is 0.821. The van der Waals surface area contributed by atoms with E-state index in [1.54, 1.807) is 0 Å². The van der Waals surface area contributed by atoms with Crippen LogP contribution in [-0.2, 0) is 14.4 Å². The normalized spacial score (nSPS) is 22.7. The summed E-state index contributed by atoms with van der Waals surface area (Å²) in [5, 5.41) is 13.8. The van der Waals surface area contributed by atoms with Crippen LogP contribution >= 0.6 is 0 Å². The standard InChI is InChI=1S/C6H8N2O4/c9-5(10)3-8-12-4-1-2-7-6(4)11/h3-4H,1-2H2,(H,7,11)(H,9,10). The van der Waals surface area contributed by atoms with Crippen molar-refractivity contribution < 1.29 is 19.5 Å². The van der Waals surface area contributed by atoms with Crippen LogP contribution in [0.1, 0.15) is 6.42 Å². The third-order valence-corrected chi connectivity index (χ3v) is 1.35. The number of aliphatic carboxylic acids is 1. The Morgan fingerprint density at radius 3 is 3.08 bits per heavy atom. The summed E-state index contributed by atoms with van der Waals surface area (Å²) in [5.74, 6) is -1.45. The lowest BCUT2D eigenvalue weighted by Crippen LogP contribution is -2.24. The molecule has 0 aromatic rings. The molecule has 6 heteroatoms. The van der Waals surface area contributed by atoms with Gasteiger partial charge in [0.05, 0.1) is 0 Å². The molecule has 1 atom stereocenters. The number of hydrogen-bond acceptors (Lipinski definition) is 4. The molecule has 0 bridgehead atoms. The molecule has 1 heterocycles. The maximum Gasteiger partial charge on any atom is 0.350 e. The third-order valence-electron chi connectivity index (χ3n) is 1.35. The van der Waals surface area contributed by atoms with Crippen molar-refractivity contribution in [3.63, 3.8) is 0 Å². The second kappa shape index (κ2) is 3.70. The number of hydrogen-bond donors (Lipinski definition) is 2. The Kier molecular flexibility index (Phi) is 2.62. The van der Waals surface area contributed by atoms with E-state index in [2.05, 4.69) is 15.3 Å². The minimum absolute atomic E-state index is 0.252. The number of carbonyl (C=O) groups is 2.